The Labute approximate surface area is 212 Å². The highest BCUT2D eigenvalue weighted by atomic mass is 16.2. The van der Waals surface area contributed by atoms with Crippen molar-refractivity contribution < 1.29 is 14.4 Å². The zero-order valence-corrected chi connectivity index (χ0v) is 20.6. The summed E-state index contributed by atoms with van der Waals surface area (Å²) in [6.07, 6.45) is 5.29. The Balaban J connectivity index is 1.11. The minimum Gasteiger partial charge on any atom is -0.341 e. The van der Waals surface area contributed by atoms with E-state index in [0.717, 1.165) is 68.7 Å². The Morgan fingerprint density at radius 1 is 1.00 bits per heavy atom. The van der Waals surface area contributed by atoms with Crippen LogP contribution < -0.4 is 10.6 Å². The molecule has 1 saturated carbocycles. The van der Waals surface area contributed by atoms with Gasteiger partial charge in [-0.05, 0) is 73.4 Å². The summed E-state index contributed by atoms with van der Waals surface area (Å²) in [4.78, 5) is 43.1. The molecule has 3 amide bonds. The molecule has 3 fully saturated rings. The number of anilines is 2. The minimum absolute atomic E-state index is 0.0103. The van der Waals surface area contributed by atoms with Crippen molar-refractivity contribution >= 4 is 29.1 Å². The van der Waals surface area contributed by atoms with Crippen LogP contribution in [0, 0.1) is 17.8 Å². The first kappa shape index (κ1) is 23.2. The van der Waals surface area contributed by atoms with Crippen LogP contribution >= 0.6 is 0 Å². The van der Waals surface area contributed by atoms with Crippen LogP contribution in [-0.2, 0) is 27.3 Å². The van der Waals surface area contributed by atoms with Crippen molar-refractivity contribution in [3.8, 4) is 0 Å². The van der Waals surface area contributed by atoms with Crippen molar-refractivity contribution in [1.29, 1.82) is 0 Å². The molecule has 3 aliphatic heterocycles. The lowest BCUT2D eigenvalue weighted by Crippen LogP contribution is -2.45. The highest BCUT2D eigenvalue weighted by Gasteiger charge is 2.46. The molecule has 1 aliphatic carbocycles. The van der Waals surface area contributed by atoms with E-state index in [0.29, 0.717) is 18.9 Å². The predicted molar refractivity (Wildman–Crippen MR) is 138 cm³/mol. The van der Waals surface area contributed by atoms with E-state index in [2.05, 4.69) is 44.7 Å². The van der Waals surface area contributed by atoms with Gasteiger partial charge in [0, 0.05) is 36.9 Å². The summed E-state index contributed by atoms with van der Waals surface area (Å²) in [7, 11) is 0. The van der Waals surface area contributed by atoms with E-state index in [1.54, 1.807) is 0 Å². The summed E-state index contributed by atoms with van der Waals surface area (Å²) in [5.74, 6) is 0.798. The van der Waals surface area contributed by atoms with E-state index >= 15 is 0 Å². The van der Waals surface area contributed by atoms with E-state index < -0.39 is 0 Å². The average Bonchev–Trinajstić information content (AvgIpc) is 3.61. The lowest BCUT2D eigenvalue weighted by atomic mass is 9.73. The maximum atomic E-state index is 13.6. The zero-order valence-electron chi connectivity index (χ0n) is 20.6. The summed E-state index contributed by atoms with van der Waals surface area (Å²) in [5, 5.41) is 5.95. The SMILES string of the molecule is O=C1Cc2cc(NC(=O)[C@H]3CCCC4CN(C(=O)[C@H]5CCCN5Cc5ccccc5)CC43)ccc2N1. The first-order chi connectivity index (χ1) is 17.5. The number of carbonyl (C=O) groups is 3. The van der Waals surface area contributed by atoms with Gasteiger partial charge in [-0.2, -0.15) is 0 Å². The minimum atomic E-state index is -0.0847. The highest BCUT2D eigenvalue weighted by Crippen LogP contribution is 2.41. The van der Waals surface area contributed by atoms with E-state index in [1.807, 2.05) is 24.3 Å². The summed E-state index contributed by atoms with van der Waals surface area (Å²) in [6.45, 7) is 3.22. The maximum Gasteiger partial charge on any atom is 0.239 e. The Hall–Kier alpha value is -3.19. The van der Waals surface area contributed by atoms with Crippen molar-refractivity contribution in [2.24, 2.45) is 17.8 Å². The summed E-state index contributed by atoms with van der Waals surface area (Å²) >= 11 is 0. The van der Waals surface area contributed by atoms with Crippen LogP contribution in [0.4, 0.5) is 11.4 Å². The van der Waals surface area contributed by atoms with E-state index in [-0.39, 0.29) is 35.6 Å². The molecule has 0 radical (unpaired) electrons. The van der Waals surface area contributed by atoms with E-state index in [9.17, 15) is 14.4 Å². The second kappa shape index (κ2) is 9.69. The molecule has 0 spiro atoms. The predicted octanol–water partition coefficient (Wildman–Crippen LogP) is 3.66. The number of benzene rings is 2. The molecule has 0 bridgehead atoms. The van der Waals surface area contributed by atoms with Crippen molar-refractivity contribution in [2.75, 3.05) is 30.3 Å². The molecule has 2 aromatic rings. The molecular weight excluding hydrogens is 452 g/mol. The maximum absolute atomic E-state index is 13.6. The number of hydrogen-bond acceptors (Lipinski definition) is 4. The topological polar surface area (TPSA) is 81.8 Å². The second-order valence-electron chi connectivity index (χ2n) is 10.9. The molecule has 4 aliphatic rings. The first-order valence-corrected chi connectivity index (χ1v) is 13.4. The summed E-state index contributed by atoms with van der Waals surface area (Å²) in [5.41, 5.74) is 3.74. The molecule has 2 aromatic carbocycles. The van der Waals surface area contributed by atoms with Crippen LogP contribution in [0.5, 0.6) is 0 Å². The van der Waals surface area contributed by atoms with Crippen LogP contribution in [0.25, 0.3) is 0 Å². The van der Waals surface area contributed by atoms with Gasteiger partial charge in [-0.15, -0.1) is 0 Å². The Bertz CT molecular complexity index is 1170. The average molecular weight is 487 g/mol. The molecule has 2 N–H and O–H groups in total. The van der Waals surface area contributed by atoms with Crippen molar-refractivity contribution in [3.05, 3.63) is 59.7 Å². The lowest BCUT2D eigenvalue weighted by Gasteiger charge is -2.31. The fourth-order valence-corrected chi connectivity index (χ4v) is 6.84. The molecule has 36 heavy (non-hydrogen) atoms. The Morgan fingerprint density at radius 2 is 1.86 bits per heavy atom. The van der Waals surface area contributed by atoms with Gasteiger partial charge in [-0.3, -0.25) is 19.3 Å². The molecule has 7 heteroatoms. The number of likely N-dealkylation sites (tertiary alicyclic amines) is 2. The van der Waals surface area contributed by atoms with Gasteiger partial charge >= 0.3 is 0 Å². The number of rotatable bonds is 5. The number of nitrogens with zero attached hydrogens (tertiary/aromatic N) is 2. The van der Waals surface area contributed by atoms with Gasteiger partial charge in [-0.25, -0.2) is 0 Å². The number of hydrogen-bond donors (Lipinski definition) is 2. The normalized spacial score (nSPS) is 27.4. The van der Waals surface area contributed by atoms with Crippen molar-refractivity contribution in [3.63, 3.8) is 0 Å². The number of carbonyl (C=O) groups excluding carboxylic acids is 3. The third kappa shape index (κ3) is 4.52. The second-order valence-corrected chi connectivity index (χ2v) is 10.9. The summed E-state index contributed by atoms with van der Waals surface area (Å²) in [6, 6.07) is 15.9. The molecule has 2 unspecified atom stereocenters. The van der Waals surface area contributed by atoms with Crippen LogP contribution in [-0.4, -0.2) is 53.2 Å². The van der Waals surface area contributed by atoms with Crippen LogP contribution in [0.2, 0.25) is 0 Å². The standard InChI is InChI=1S/C29H34N4O3/c34-27-15-21-14-22(11-12-25(21)31-27)30-28(35)23-9-4-8-20-17-33(18-24(20)23)29(36)26-10-5-13-32(26)16-19-6-2-1-3-7-19/h1-3,6-7,11-12,14,20,23-24,26H,4-5,8-10,13,15-18H2,(H,30,35)(H,31,34)/t20?,23-,24?,26+/m0/s1. The van der Waals surface area contributed by atoms with Crippen molar-refractivity contribution in [2.45, 2.75) is 51.1 Å². The van der Waals surface area contributed by atoms with Crippen LogP contribution in [0.3, 0.4) is 0 Å². The lowest BCUT2D eigenvalue weighted by molar-refractivity contribution is -0.135. The quantitative estimate of drug-likeness (QED) is 0.676. The molecule has 188 valence electrons. The fraction of sp³-hybridized carbons (Fsp3) is 0.483. The third-order valence-electron chi connectivity index (χ3n) is 8.62. The number of nitrogens with one attached hydrogen (secondary N) is 2. The Kier molecular flexibility index (Phi) is 6.25. The highest BCUT2D eigenvalue weighted by molar-refractivity contribution is 6.00. The van der Waals surface area contributed by atoms with Gasteiger partial charge in [-0.1, -0.05) is 36.8 Å². The zero-order chi connectivity index (χ0) is 24.6. The van der Waals surface area contributed by atoms with Gasteiger partial charge in [0.15, 0.2) is 0 Å². The molecule has 2 saturated heterocycles. The summed E-state index contributed by atoms with van der Waals surface area (Å²) < 4.78 is 0. The molecule has 0 aromatic heterocycles. The first-order valence-electron chi connectivity index (χ1n) is 13.4. The van der Waals surface area contributed by atoms with E-state index in [4.69, 9.17) is 0 Å². The Morgan fingerprint density at radius 3 is 2.72 bits per heavy atom. The van der Waals surface area contributed by atoms with Crippen LogP contribution in [0.1, 0.15) is 43.2 Å². The van der Waals surface area contributed by atoms with Gasteiger partial charge in [0.1, 0.15) is 0 Å². The third-order valence-corrected chi connectivity index (χ3v) is 8.62. The number of fused-ring (bicyclic) bond motifs is 2. The molecular formula is C29H34N4O3. The molecule has 7 nitrogen and oxygen atoms in total. The molecule has 3 heterocycles. The number of amides is 3. The van der Waals surface area contributed by atoms with E-state index in [1.165, 1.54) is 5.56 Å². The largest absolute Gasteiger partial charge is 0.341 e. The van der Waals surface area contributed by atoms with Gasteiger partial charge in [0.05, 0.1) is 12.5 Å². The van der Waals surface area contributed by atoms with Gasteiger partial charge in [0.25, 0.3) is 0 Å². The van der Waals surface area contributed by atoms with Gasteiger partial charge < -0.3 is 15.5 Å². The fourth-order valence-electron chi connectivity index (χ4n) is 6.84. The molecule has 4 atom stereocenters. The van der Waals surface area contributed by atoms with Crippen molar-refractivity contribution in [1.82, 2.24) is 9.80 Å². The molecule has 6 rings (SSSR count). The van der Waals surface area contributed by atoms with Gasteiger partial charge in [0.2, 0.25) is 17.7 Å². The smallest absolute Gasteiger partial charge is 0.239 e. The van der Waals surface area contributed by atoms with Crippen LogP contribution in [0.15, 0.2) is 48.5 Å². The monoisotopic (exact) mass is 486 g/mol.